The van der Waals surface area contributed by atoms with Gasteiger partial charge in [-0.1, -0.05) is 41.9 Å². The molecule has 3 aromatic rings. The highest BCUT2D eigenvalue weighted by molar-refractivity contribution is 6.31. The monoisotopic (exact) mass is 357 g/mol. The Morgan fingerprint density at radius 3 is 2.52 bits per heavy atom. The van der Waals surface area contributed by atoms with Crippen molar-refractivity contribution < 1.29 is 19.4 Å². The van der Waals surface area contributed by atoms with Crippen molar-refractivity contribution in [3.63, 3.8) is 0 Å². The highest BCUT2D eigenvalue weighted by Gasteiger charge is 2.22. The van der Waals surface area contributed by atoms with Crippen molar-refractivity contribution in [2.75, 3.05) is 0 Å². The molecule has 0 aliphatic carbocycles. The summed E-state index contributed by atoms with van der Waals surface area (Å²) >= 11 is 6.14. The molecule has 25 heavy (non-hydrogen) atoms. The first-order valence-electron chi connectivity index (χ1n) is 7.72. The van der Waals surface area contributed by atoms with Crippen molar-refractivity contribution >= 4 is 28.7 Å². The van der Waals surface area contributed by atoms with E-state index in [9.17, 15) is 9.90 Å². The van der Waals surface area contributed by atoms with Crippen molar-refractivity contribution in [1.82, 2.24) is 4.98 Å². The smallest absolute Gasteiger partial charge is 0.472 e. The second-order valence-corrected chi connectivity index (χ2v) is 6.12. The summed E-state index contributed by atoms with van der Waals surface area (Å²) in [5.41, 5.74) is 1.99. The minimum Gasteiger partial charge on any atom is -0.472 e. The first-order valence-corrected chi connectivity index (χ1v) is 8.09. The lowest BCUT2D eigenvalue weighted by Gasteiger charge is -2.18. The Hall–Kier alpha value is -2.79. The lowest BCUT2D eigenvalue weighted by molar-refractivity contribution is 0.139. The average molecular weight is 358 g/mol. The largest absolute Gasteiger partial charge is 0.511 e. The molecule has 0 atom stereocenters. The third kappa shape index (κ3) is 3.67. The number of aromatic nitrogens is 1. The van der Waals surface area contributed by atoms with Crippen LogP contribution in [-0.4, -0.2) is 22.3 Å². The first-order chi connectivity index (χ1) is 12.0. The Bertz CT molecular complexity index is 926. The summed E-state index contributed by atoms with van der Waals surface area (Å²) in [6, 6.07) is 14.6. The number of benzene rings is 2. The van der Waals surface area contributed by atoms with Gasteiger partial charge in [-0.2, -0.15) is 0 Å². The Morgan fingerprint density at radius 1 is 1.16 bits per heavy atom. The Kier molecular flexibility index (Phi) is 4.76. The number of hydrogen-bond donors (Lipinski definition) is 1. The minimum atomic E-state index is -1.44. The van der Waals surface area contributed by atoms with E-state index >= 15 is 0 Å². The number of hydrogen-bond acceptors (Lipinski definition) is 4. The van der Waals surface area contributed by atoms with Gasteiger partial charge in [-0.05, 0) is 37.6 Å². The average Bonchev–Trinajstić information content (AvgIpc) is 2.55. The highest BCUT2D eigenvalue weighted by atomic mass is 35.5. The van der Waals surface area contributed by atoms with Gasteiger partial charge in [0.05, 0.1) is 11.6 Å². The van der Waals surface area contributed by atoms with Gasteiger partial charge in [0.15, 0.2) is 0 Å². The van der Waals surface area contributed by atoms with Crippen molar-refractivity contribution in [3.05, 3.63) is 53.6 Å². The molecule has 0 fully saturated rings. The maximum Gasteiger partial charge on any atom is 0.511 e. The molecule has 0 saturated heterocycles. The Morgan fingerprint density at radius 2 is 1.88 bits per heavy atom. The summed E-state index contributed by atoms with van der Waals surface area (Å²) in [5, 5.41) is 10.4. The minimum absolute atomic E-state index is 0.0576. The van der Waals surface area contributed by atoms with E-state index in [1.54, 1.807) is 18.2 Å². The predicted molar refractivity (Wildman–Crippen MR) is 96.6 cm³/mol. The van der Waals surface area contributed by atoms with Crippen LogP contribution in [0.2, 0.25) is 5.02 Å². The number of fused-ring (bicyclic) bond motifs is 1. The zero-order chi connectivity index (χ0) is 18.0. The molecular weight excluding hydrogens is 342 g/mol. The zero-order valence-corrected chi connectivity index (χ0v) is 14.4. The third-order valence-electron chi connectivity index (χ3n) is 3.47. The van der Waals surface area contributed by atoms with Crippen LogP contribution in [0.15, 0.2) is 48.5 Å². The summed E-state index contributed by atoms with van der Waals surface area (Å²) < 4.78 is 10.8. The molecule has 0 radical (unpaired) electrons. The van der Waals surface area contributed by atoms with Gasteiger partial charge < -0.3 is 14.6 Å². The number of carboxylic acid groups (broad SMARTS) is 1. The molecule has 0 unspecified atom stereocenters. The molecule has 0 bridgehead atoms. The molecule has 5 nitrogen and oxygen atoms in total. The summed E-state index contributed by atoms with van der Waals surface area (Å²) in [7, 11) is 0. The number of rotatable bonds is 4. The van der Waals surface area contributed by atoms with E-state index in [-0.39, 0.29) is 17.7 Å². The van der Waals surface area contributed by atoms with Crippen molar-refractivity contribution in [2.45, 2.75) is 20.0 Å². The van der Waals surface area contributed by atoms with Gasteiger partial charge in [-0.15, -0.1) is 0 Å². The van der Waals surface area contributed by atoms with Crippen molar-refractivity contribution in [1.29, 1.82) is 0 Å². The second kappa shape index (κ2) is 6.99. The molecule has 1 aromatic heterocycles. The number of halogens is 1. The maximum absolute atomic E-state index is 11.3. The van der Waals surface area contributed by atoms with E-state index < -0.39 is 6.16 Å². The fourth-order valence-electron chi connectivity index (χ4n) is 2.57. The van der Waals surface area contributed by atoms with Gasteiger partial charge >= 0.3 is 6.16 Å². The number of nitrogens with zero attached hydrogens (tertiary/aromatic N) is 1. The molecule has 6 heteroatoms. The quantitative estimate of drug-likeness (QED) is 0.633. The summed E-state index contributed by atoms with van der Waals surface area (Å²) in [6.45, 7) is 3.67. The van der Waals surface area contributed by atoms with Crippen LogP contribution >= 0.6 is 11.6 Å². The number of carbonyl (C=O) groups is 1. The van der Waals surface area contributed by atoms with E-state index in [4.69, 9.17) is 21.1 Å². The SMILES string of the molecule is CC(C)Oc1nc2ccc(Cl)cc2c(-c2ccccc2)c1OC(=O)O. The van der Waals surface area contributed by atoms with Crippen LogP contribution in [0.25, 0.3) is 22.0 Å². The van der Waals surface area contributed by atoms with E-state index in [1.807, 2.05) is 44.2 Å². The first kappa shape index (κ1) is 17.0. The molecule has 0 amide bonds. The summed E-state index contributed by atoms with van der Waals surface area (Å²) in [4.78, 5) is 15.7. The van der Waals surface area contributed by atoms with Gasteiger partial charge in [-0.25, -0.2) is 9.78 Å². The molecule has 0 aliphatic rings. The van der Waals surface area contributed by atoms with Gasteiger partial charge in [-0.3, -0.25) is 0 Å². The molecular formula is C19H16ClNO4. The molecule has 0 spiro atoms. The lowest BCUT2D eigenvalue weighted by Crippen LogP contribution is -2.12. The molecule has 0 aliphatic heterocycles. The number of ether oxygens (including phenoxy) is 2. The Balaban J connectivity index is 2.40. The second-order valence-electron chi connectivity index (χ2n) is 5.68. The third-order valence-corrected chi connectivity index (χ3v) is 3.71. The summed E-state index contributed by atoms with van der Waals surface area (Å²) in [6.07, 6.45) is -1.63. The van der Waals surface area contributed by atoms with Crippen LogP contribution in [0.5, 0.6) is 11.6 Å². The van der Waals surface area contributed by atoms with Crippen molar-refractivity contribution in [2.24, 2.45) is 0 Å². The maximum atomic E-state index is 11.3. The molecule has 1 N–H and O–H groups in total. The van der Waals surface area contributed by atoms with Gasteiger partial charge in [0, 0.05) is 16.0 Å². The van der Waals surface area contributed by atoms with E-state index in [0.717, 1.165) is 5.56 Å². The Labute approximate surface area is 149 Å². The van der Waals surface area contributed by atoms with Crippen LogP contribution in [0, 0.1) is 0 Å². The fourth-order valence-corrected chi connectivity index (χ4v) is 2.74. The van der Waals surface area contributed by atoms with Crippen LogP contribution in [0.3, 0.4) is 0 Å². The van der Waals surface area contributed by atoms with Gasteiger partial charge in [0.25, 0.3) is 5.88 Å². The van der Waals surface area contributed by atoms with Crippen molar-refractivity contribution in [3.8, 4) is 22.8 Å². The standard InChI is InChI=1S/C19H16ClNO4/c1-11(2)24-18-17(25-19(22)23)16(12-6-4-3-5-7-12)14-10-13(20)8-9-15(14)21-18/h3-11H,1-2H3,(H,22,23). The zero-order valence-electron chi connectivity index (χ0n) is 13.7. The predicted octanol–water partition coefficient (Wildman–Crippen LogP) is 5.40. The van der Waals surface area contributed by atoms with Crippen LogP contribution in [-0.2, 0) is 0 Å². The molecule has 0 saturated carbocycles. The number of pyridine rings is 1. The topological polar surface area (TPSA) is 68.7 Å². The highest BCUT2D eigenvalue weighted by Crippen LogP contribution is 2.43. The van der Waals surface area contributed by atoms with Crippen LogP contribution < -0.4 is 9.47 Å². The van der Waals surface area contributed by atoms with E-state index in [1.165, 1.54) is 0 Å². The molecule has 3 rings (SSSR count). The molecule has 128 valence electrons. The molecule has 1 heterocycles. The lowest BCUT2D eigenvalue weighted by atomic mass is 10.00. The van der Waals surface area contributed by atoms with Gasteiger partial charge in [0.1, 0.15) is 0 Å². The van der Waals surface area contributed by atoms with Crippen LogP contribution in [0.4, 0.5) is 4.79 Å². The van der Waals surface area contributed by atoms with Gasteiger partial charge in [0.2, 0.25) is 5.75 Å². The van der Waals surface area contributed by atoms with E-state index in [0.29, 0.717) is 21.5 Å². The summed E-state index contributed by atoms with van der Waals surface area (Å²) in [5.74, 6) is 0.188. The fraction of sp³-hybridized carbons (Fsp3) is 0.158. The normalized spacial score (nSPS) is 10.9. The van der Waals surface area contributed by atoms with E-state index in [2.05, 4.69) is 4.98 Å². The van der Waals surface area contributed by atoms with Crippen LogP contribution in [0.1, 0.15) is 13.8 Å². The molecule has 2 aromatic carbocycles.